The number of methoxy groups -OCH3 is 1. The summed E-state index contributed by atoms with van der Waals surface area (Å²) in [4.78, 5) is 2.70. The Balaban J connectivity index is 2.04. The first-order valence-electron chi connectivity index (χ1n) is 7.49. The van der Waals surface area contributed by atoms with E-state index >= 15 is 0 Å². The molecule has 0 atom stereocenters. The summed E-state index contributed by atoms with van der Waals surface area (Å²) in [5.41, 5.74) is 6.88. The average molecular weight is 254 g/mol. The molecule has 2 fully saturated rings. The highest BCUT2D eigenvalue weighted by Gasteiger charge is 2.42. The van der Waals surface area contributed by atoms with Crippen molar-refractivity contribution in [2.24, 2.45) is 11.1 Å². The molecule has 0 aromatic carbocycles. The van der Waals surface area contributed by atoms with Gasteiger partial charge in [-0.05, 0) is 50.5 Å². The molecule has 1 aliphatic carbocycles. The summed E-state index contributed by atoms with van der Waals surface area (Å²) in [5.74, 6) is 0. The van der Waals surface area contributed by atoms with Gasteiger partial charge in [0.25, 0.3) is 0 Å². The van der Waals surface area contributed by atoms with Gasteiger partial charge in [0.05, 0.1) is 6.10 Å². The van der Waals surface area contributed by atoms with Gasteiger partial charge in [-0.3, -0.25) is 4.90 Å². The Bertz CT molecular complexity index is 270. The number of nitrogens with two attached hydrogens (primary N) is 1. The van der Waals surface area contributed by atoms with E-state index in [1.165, 1.54) is 51.6 Å². The minimum atomic E-state index is 0.257. The van der Waals surface area contributed by atoms with Crippen molar-refractivity contribution in [2.75, 3.05) is 26.7 Å². The van der Waals surface area contributed by atoms with E-state index < -0.39 is 0 Å². The maximum absolute atomic E-state index is 6.16. The van der Waals surface area contributed by atoms with Gasteiger partial charge in [-0.1, -0.05) is 13.8 Å². The summed E-state index contributed by atoms with van der Waals surface area (Å²) in [6.07, 6.45) is 7.89. The van der Waals surface area contributed by atoms with Crippen LogP contribution in [0.3, 0.4) is 0 Å². The highest BCUT2D eigenvalue weighted by molar-refractivity contribution is 4.99. The van der Waals surface area contributed by atoms with E-state index in [9.17, 15) is 0 Å². The van der Waals surface area contributed by atoms with Crippen molar-refractivity contribution in [3.8, 4) is 0 Å². The lowest BCUT2D eigenvalue weighted by molar-refractivity contribution is -0.0366. The van der Waals surface area contributed by atoms with E-state index in [0.29, 0.717) is 11.5 Å². The van der Waals surface area contributed by atoms with Crippen molar-refractivity contribution in [3.63, 3.8) is 0 Å². The van der Waals surface area contributed by atoms with E-state index in [0.717, 1.165) is 6.54 Å². The molecule has 0 amide bonds. The molecule has 3 nitrogen and oxygen atoms in total. The SMILES string of the molecule is COC1CCC(CN)(N2CCCC(C)(C)C2)CC1. The number of hydrogen-bond donors (Lipinski definition) is 1. The number of hydrogen-bond acceptors (Lipinski definition) is 3. The van der Waals surface area contributed by atoms with Gasteiger partial charge in [-0.2, -0.15) is 0 Å². The minimum absolute atomic E-state index is 0.257. The number of nitrogens with zero attached hydrogens (tertiary/aromatic N) is 1. The van der Waals surface area contributed by atoms with Crippen LogP contribution < -0.4 is 5.73 Å². The molecule has 0 unspecified atom stereocenters. The molecule has 1 saturated carbocycles. The first-order valence-corrected chi connectivity index (χ1v) is 7.49. The van der Waals surface area contributed by atoms with E-state index in [4.69, 9.17) is 10.5 Å². The number of rotatable bonds is 3. The number of piperidine rings is 1. The summed E-state index contributed by atoms with van der Waals surface area (Å²) in [6, 6.07) is 0. The fourth-order valence-electron chi connectivity index (χ4n) is 3.84. The molecule has 3 heteroatoms. The second-order valence-corrected chi connectivity index (χ2v) is 7.05. The molecular weight excluding hydrogens is 224 g/mol. The average Bonchev–Trinajstić information content (AvgIpc) is 2.37. The Labute approximate surface area is 112 Å². The van der Waals surface area contributed by atoms with Crippen molar-refractivity contribution in [1.82, 2.24) is 4.90 Å². The maximum atomic E-state index is 6.16. The van der Waals surface area contributed by atoms with Gasteiger partial charge in [0.1, 0.15) is 0 Å². The molecule has 0 aromatic rings. The first kappa shape index (κ1) is 14.3. The molecule has 1 aliphatic heterocycles. The lowest BCUT2D eigenvalue weighted by atomic mass is 9.75. The Morgan fingerprint density at radius 1 is 1.22 bits per heavy atom. The molecule has 0 radical (unpaired) electrons. The number of likely N-dealkylation sites (tertiary alicyclic amines) is 1. The van der Waals surface area contributed by atoms with Crippen LogP contribution in [0.2, 0.25) is 0 Å². The van der Waals surface area contributed by atoms with Crippen LogP contribution >= 0.6 is 0 Å². The van der Waals surface area contributed by atoms with E-state index in [2.05, 4.69) is 18.7 Å². The maximum Gasteiger partial charge on any atom is 0.0572 e. The van der Waals surface area contributed by atoms with Gasteiger partial charge in [-0.15, -0.1) is 0 Å². The predicted molar refractivity (Wildman–Crippen MR) is 75.6 cm³/mol. The quantitative estimate of drug-likeness (QED) is 0.840. The first-order chi connectivity index (χ1) is 8.51. The van der Waals surface area contributed by atoms with E-state index in [-0.39, 0.29) is 5.54 Å². The predicted octanol–water partition coefficient (Wildman–Crippen LogP) is 2.39. The summed E-state index contributed by atoms with van der Waals surface area (Å²) < 4.78 is 5.50. The van der Waals surface area contributed by atoms with Crippen LogP contribution in [0.15, 0.2) is 0 Å². The third-order valence-electron chi connectivity index (χ3n) is 5.15. The van der Waals surface area contributed by atoms with Crippen molar-refractivity contribution in [1.29, 1.82) is 0 Å². The highest BCUT2D eigenvalue weighted by atomic mass is 16.5. The molecule has 1 heterocycles. The molecule has 2 rings (SSSR count). The molecule has 2 N–H and O–H groups in total. The third-order valence-corrected chi connectivity index (χ3v) is 5.15. The molecule has 0 bridgehead atoms. The smallest absolute Gasteiger partial charge is 0.0572 e. The van der Waals surface area contributed by atoms with Crippen molar-refractivity contribution >= 4 is 0 Å². The van der Waals surface area contributed by atoms with Crippen molar-refractivity contribution in [2.45, 2.75) is 64.0 Å². The summed E-state index contributed by atoms with van der Waals surface area (Å²) in [5, 5.41) is 0. The lowest BCUT2D eigenvalue weighted by Gasteiger charge is -2.52. The van der Waals surface area contributed by atoms with Gasteiger partial charge >= 0.3 is 0 Å². The Morgan fingerprint density at radius 3 is 2.39 bits per heavy atom. The van der Waals surface area contributed by atoms with Crippen molar-refractivity contribution in [3.05, 3.63) is 0 Å². The van der Waals surface area contributed by atoms with Crippen LogP contribution in [-0.2, 0) is 4.74 Å². The van der Waals surface area contributed by atoms with Gasteiger partial charge in [-0.25, -0.2) is 0 Å². The largest absolute Gasteiger partial charge is 0.381 e. The number of ether oxygens (including phenoxy) is 1. The van der Waals surface area contributed by atoms with Gasteiger partial charge in [0.2, 0.25) is 0 Å². The molecule has 2 aliphatic rings. The fourth-order valence-corrected chi connectivity index (χ4v) is 3.84. The van der Waals surface area contributed by atoms with E-state index in [1.54, 1.807) is 0 Å². The van der Waals surface area contributed by atoms with Crippen LogP contribution in [0.5, 0.6) is 0 Å². The zero-order valence-corrected chi connectivity index (χ0v) is 12.4. The molecular formula is C15H30N2O. The Hall–Kier alpha value is -0.120. The summed E-state index contributed by atoms with van der Waals surface area (Å²) >= 11 is 0. The minimum Gasteiger partial charge on any atom is -0.381 e. The zero-order chi connectivity index (χ0) is 13.2. The Morgan fingerprint density at radius 2 is 1.89 bits per heavy atom. The van der Waals surface area contributed by atoms with Gasteiger partial charge < -0.3 is 10.5 Å². The topological polar surface area (TPSA) is 38.5 Å². The molecule has 18 heavy (non-hydrogen) atoms. The van der Waals surface area contributed by atoms with Crippen LogP contribution in [0, 0.1) is 5.41 Å². The van der Waals surface area contributed by atoms with Crippen molar-refractivity contribution < 1.29 is 4.74 Å². The van der Waals surface area contributed by atoms with E-state index in [1.807, 2.05) is 7.11 Å². The lowest BCUT2D eigenvalue weighted by Crippen LogP contribution is -2.60. The van der Waals surface area contributed by atoms with Crippen LogP contribution in [0.25, 0.3) is 0 Å². The van der Waals surface area contributed by atoms with Crippen LogP contribution in [-0.4, -0.2) is 43.3 Å². The molecule has 0 aromatic heterocycles. The fraction of sp³-hybridized carbons (Fsp3) is 1.00. The monoisotopic (exact) mass is 254 g/mol. The van der Waals surface area contributed by atoms with Gasteiger partial charge in [0, 0.05) is 25.7 Å². The second kappa shape index (κ2) is 5.48. The summed E-state index contributed by atoms with van der Waals surface area (Å²) in [7, 11) is 1.84. The highest BCUT2D eigenvalue weighted by Crippen LogP contribution is 2.39. The van der Waals surface area contributed by atoms with Crippen LogP contribution in [0.4, 0.5) is 0 Å². The normalized spacial score (nSPS) is 37.7. The zero-order valence-electron chi connectivity index (χ0n) is 12.4. The molecule has 106 valence electrons. The van der Waals surface area contributed by atoms with Gasteiger partial charge in [0.15, 0.2) is 0 Å². The third kappa shape index (κ3) is 2.89. The standard InChI is InChI=1S/C15H30N2O/c1-14(2)7-4-10-17(12-14)15(11-16)8-5-13(18-3)6-9-15/h13H,4-12,16H2,1-3H3. The van der Waals surface area contributed by atoms with Crippen LogP contribution in [0.1, 0.15) is 52.4 Å². The summed E-state index contributed by atoms with van der Waals surface area (Å²) in [6.45, 7) is 8.04. The Kier molecular flexibility index (Phi) is 4.35. The second-order valence-electron chi connectivity index (χ2n) is 7.05. The molecule has 0 spiro atoms. The molecule has 1 saturated heterocycles.